The maximum absolute atomic E-state index is 6.44. The number of nitrogens with zero attached hydrogens (tertiary/aromatic N) is 1. The van der Waals surface area contributed by atoms with Crippen molar-refractivity contribution in [2.45, 2.75) is 31.7 Å². The van der Waals surface area contributed by atoms with E-state index >= 15 is 0 Å². The summed E-state index contributed by atoms with van der Waals surface area (Å²) in [5, 5.41) is 0.825. The van der Waals surface area contributed by atoms with E-state index in [1.165, 1.54) is 44.3 Å². The van der Waals surface area contributed by atoms with Crippen LogP contribution in [-0.2, 0) is 0 Å². The first-order valence-electron chi connectivity index (χ1n) is 7.56. The fourth-order valence-corrected chi connectivity index (χ4v) is 3.64. The Hall–Kier alpha value is -0.0900. The fourth-order valence-electron chi connectivity index (χ4n) is 2.84. The van der Waals surface area contributed by atoms with E-state index in [1.807, 2.05) is 6.07 Å². The molecule has 2 N–H and O–H groups in total. The first-order valence-corrected chi connectivity index (χ1v) is 8.73. The topological polar surface area (TPSA) is 29.3 Å². The minimum Gasteiger partial charge on any atom is -0.329 e. The molecule has 20 heavy (non-hydrogen) atoms. The Bertz CT molecular complexity index is 458. The van der Waals surface area contributed by atoms with Crippen LogP contribution in [0.25, 0.3) is 0 Å². The summed E-state index contributed by atoms with van der Waals surface area (Å²) in [5.74, 6) is 1.77. The Morgan fingerprint density at radius 2 is 1.80 bits per heavy atom. The molecule has 0 aromatic heterocycles. The van der Waals surface area contributed by atoms with Gasteiger partial charge in [-0.1, -0.05) is 33.6 Å². The number of nitrogens with two attached hydrogens (primary N) is 1. The molecule has 0 heterocycles. The van der Waals surface area contributed by atoms with Gasteiger partial charge in [-0.15, -0.1) is 0 Å². The predicted octanol–water partition coefficient (Wildman–Crippen LogP) is 4.22. The van der Waals surface area contributed by atoms with Crippen LogP contribution in [0.3, 0.4) is 0 Å². The Balaban J connectivity index is 1.79. The summed E-state index contributed by atoms with van der Waals surface area (Å²) in [5.41, 5.74) is 7.27. The quantitative estimate of drug-likeness (QED) is 0.791. The average Bonchev–Trinajstić information content (AvgIpc) is 3.28. The van der Waals surface area contributed by atoms with Crippen molar-refractivity contribution in [2.75, 3.05) is 19.6 Å². The summed E-state index contributed by atoms with van der Waals surface area (Å²) >= 11 is 9.91. The molecule has 2 aliphatic rings. The van der Waals surface area contributed by atoms with Gasteiger partial charge in [-0.3, -0.25) is 4.90 Å². The van der Waals surface area contributed by atoms with Crippen LogP contribution in [0, 0.1) is 11.8 Å². The van der Waals surface area contributed by atoms with Gasteiger partial charge in [-0.25, -0.2) is 0 Å². The van der Waals surface area contributed by atoms with Crippen LogP contribution in [0.1, 0.15) is 37.3 Å². The van der Waals surface area contributed by atoms with Gasteiger partial charge in [0.15, 0.2) is 0 Å². The molecule has 0 bridgehead atoms. The molecule has 1 aromatic rings. The molecule has 2 aliphatic carbocycles. The van der Waals surface area contributed by atoms with Gasteiger partial charge >= 0.3 is 0 Å². The van der Waals surface area contributed by atoms with Crippen molar-refractivity contribution in [3.8, 4) is 0 Å². The van der Waals surface area contributed by atoms with Gasteiger partial charge in [0, 0.05) is 35.2 Å². The molecule has 4 heteroatoms. The minimum absolute atomic E-state index is 0.261. The van der Waals surface area contributed by atoms with Gasteiger partial charge in [0.25, 0.3) is 0 Å². The number of benzene rings is 1. The molecule has 2 saturated carbocycles. The molecule has 0 radical (unpaired) electrons. The monoisotopic (exact) mass is 356 g/mol. The Labute approximate surface area is 134 Å². The van der Waals surface area contributed by atoms with Crippen molar-refractivity contribution >= 4 is 27.5 Å². The lowest BCUT2D eigenvalue weighted by Crippen LogP contribution is -2.37. The molecule has 0 aliphatic heterocycles. The van der Waals surface area contributed by atoms with E-state index in [9.17, 15) is 0 Å². The number of hydrogen-bond donors (Lipinski definition) is 1. The summed E-state index contributed by atoms with van der Waals surface area (Å²) in [6.07, 6.45) is 5.53. The maximum atomic E-state index is 6.44. The van der Waals surface area contributed by atoms with Crippen molar-refractivity contribution in [3.05, 3.63) is 33.3 Å². The number of hydrogen-bond acceptors (Lipinski definition) is 2. The van der Waals surface area contributed by atoms with Crippen molar-refractivity contribution in [1.82, 2.24) is 4.90 Å². The average molecular weight is 358 g/mol. The highest BCUT2D eigenvalue weighted by molar-refractivity contribution is 9.10. The van der Waals surface area contributed by atoms with Gasteiger partial charge in [0.1, 0.15) is 0 Å². The molecule has 0 amide bonds. The third kappa shape index (κ3) is 3.76. The standard InChI is InChI=1S/C16H22BrClN2/c17-13-5-6-14(15(18)7-13)16(8-19)20(9-11-1-2-11)10-12-3-4-12/h5-7,11-12,16H,1-4,8-10,19H2. The van der Waals surface area contributed by atoms with Crippen LogP contribution in [-0.4, -0.2) is 24.5 Å². The van der Waals surface area contributed by atoms with Gasteiger partial charge in [0.05, 0.1) is 0 Å². The Morgan fingerprint density at radius 3 is 2.25 bits per heavy atom. The second-order valence-electron chi connectivity index (χ2n) is 6.26. The highest BCUT2D eigenvalue weighted by atomic mass is 79.9. The number of halogens is 2. The molecule has 1 atom stereocenters. The van der Waals surface area contributed by atoms with Crippen molar-refractivity contribution in [1.29, 1.82) is 0 Å². The number of rotatable bonds is 7. The molecular weight excluding hydrogens is 336 g/mol. The lowest BCUT2D eigenvalue weighted by molar-refractivity contribution is 0.185. The molecular formula is C16H22BrClN2. The predicted molar refractivity (Wildman–Crippen MR) is 88.0 cm³/mol. The van der Waals surface area contributed by atoms with E-state index in [0.717, 1.165) is 21.3 Å². The molecule has 110 valence electrons. The van der Waals surface area contributed by atoms with Crippen molar-refractivity contribution < 1.29 is 0 Å². The molecule has 1 aromatic carbocycles. The zero-order chi connectivity index (χ0) is 14.1. The first kappa shape index (κ1) is 14.8. The van der Waals surface area contributed by atoms with Gasteiger partial charge in [-0.05, 0) is 55.2 Å². The SMILES string of the molecule is NCC(c1ccc(Br)cc1Cl)N(CC1CC1)CC1CC1. The third-order valence-electron chi connectivity index (χ3n) is 4.36. The van der Waals surface area contributed by atoms with Gasteiger partial charge in [-0.2, -0.15) is 0 Å². The Kier molecular flexibility index (Phi) is 4.71. The zero-order valence-electron chi connectivity index (χ0n) is 11.7. The summed E-state index contributed by atoms with van der Waals surface area (Å²) in [4.78, 5) is 2.59. The Morgan fingerprint density at radius 1 is 1.20 bits per heavy atom. The molecule has 0 spiro atoms. The molecule has 0 saturated heterocycles. The molecule has 1 unspecified atom stereocenters. The van der Waals surface area contributed by atoms with Crippen LogP contribution >= 0.6 is 27.5 Å². The smallest absolute Gasteiger partial charge is 0.0485 e. The van der Waals surface area contributed by atoms with E-state index in [2.05, 4.69) is 33.0 Å². The maximum Gasteiger partial charge on any atom is 0.0485 e. The van der Waals surface area contributed by atoms with E-state index in [0.29, 0.717) is 6.54 Å². The minimum atomic E-state index is 0.261. The highest BCUT2D eigenvalue weighted by Gasteiger charge is 2.33. The first-order chi connectivity index (χ1) is 9.67. The summed E-state index contributed by atoms with van der Waals surface area (Å²) in [6.45, 7) is 3.01. The zero-order valence-corrected chi connectivity index (χ0v) is 14.0. The second-order valence-corrected chi connectivity index (χ2v) is 7.58. The third-order valence-corrected chi connectivity index (χ3v) is 5.19. The van der Waals surface area contributed by atoms with Crippen LogP contribution in [0.15, 0.2) is 22.7 Å². The molecule has 2 fully saturated rings. The van der Waals surface area contributed by atoms with E-state index in [1.54, 1.807) is 0 Å². The van der Waals surface area contributed by atoms with E-state index in [-0.39, 0.29) is 6.04 Å². The normalized spacial score (nSPS) is 20.4. The largest absolute Gasteiger partial charge is 0.329 e. The molecule has 3 rings (SSSR count). The summed E-state index contributed by atoms with van der Waals surface area (Å²) in [7, 11) is 0. The van der Waals surface area contributed by atoms with E-state index in [4.69, 9.17) is 17.3 Å². The van der Waals surface area contributed by atoms with Gasteiger partial charge in [0.2, 0.25) is 0 Å². The summed E-state index contributed by atoms with van der Waals surface area (Å²) < 4.78 is 1.03. The highest BCUT2D eigenvalue weighted by Crippen LogP contribution is 2.38. The van der Waals surface area contributed by atoms with Crippen LogP contribution in [0.4, 0.5) is 0 Å². The van der Waals surface area contributed by atoms with Gasteiger partial charge < -0.3 is 5.73 Å². The van der Waals surface area contributed by atoms with Crippen LogP contribution in [0.2, 0.25) is 5.02 Å². The van der Waals surface area contributed by atoms with Crippen LogP contribution in [0.5, 0.6) is 0 Å². The second kappa shape index (κ2) is 6.35. The van der Waals surface area contributed by atoms with Crippen molar-refractivity contribution in [3.63, 3.8) is 0 Å². The lowest BCUT2D eigenvalue weighted by Gasteiger charge is -2.32. The van der Waals surface area contributed by atoms with Crippen LogP contribution < -0.4 is 5.73 Å². The van der Waals surface area contributed by atoms with E-state index < -0.39 is 0 Å². The lowest BCUT2D eigenvalue weighted by atomic mass is 10.0. The fraction of sp³-hybridized carbons (Fsp3) is 0.625. The van der Waals surface area contributed by atoms with Crippen molar-refractivity contribution in [2.24, 2.45) is 17.6 Å². The summed E-state index contributed by atoms with van der Waals surface area (Å²) in [6, 6.07) is 6.43. The molecule has 2 nitrogen and oxygen atoms in total.